The molecule has 0 aliphatic heterocycles. The van der Waals surface area contributed by atoms with Gasteiger partial charge < -0.3 is 30.1 Å². The Bertz CT molecular complexity index is 2380. The monoisotopic (exact) mass is 764 g/mol. The second-order valence-corrected chi connectivity index (χ2v) is 16.7. The predicted molar refractivity (Wildman–Crippen MR) is 227 cm³/mol. The number of aromatic nitrogens is 4. The molecule has 2 aliphatic carbocycles. The molecule has 10 heteroatoms. The molecule has 0 saturated heterocycles. The standard InChI is InChI=1S/C24H27N3O2.C23H25N3O2/c1-15(2)29-18-7-5-6-17(12-18)26-23-21-19(13-24(3,4)14-20(21)28)27-22(23)16-8-10-25-11-9-16;1-4-28-17-7-5-6-16(12-17)25-22-20-18(13-23(2,3)14-19(20)27)26-21(22)15-8-10-24-11-9-15/h5-12,15,26-27H,13-14H2,1-4H3;5-12,25-26H,4,13-14H2,1-3H3. The molecule has 0 fully saturated rings. The Kier molecular flexibility index (Phi) is 11.1. The largest absolute Gasteiger partial charge is 0.494 e. The first-order chi connectivity index (χ1) is 27.3. The van der Waals surface area contributed by atoms with Crippen LogP contribution >= 0.6 is 0 Å². The van der Waals surface area contributed by atoms with E-state index in [0.29, 0.717) is 19.4 Å². The van der Waals surface area contributed by atoms with Gasteiger partial charge in [-0.1, -0.05) is 39.8 Å². The highest BCUT2D eigenvalue weighted by Crippen LogP contribution is 2.45. The number of pyridine rings is 2. The van der Waals surface area contributed by atoms with E-state index in [2.05, 4.69) is 58.3 Å². The average Bonchev–Trinajstić information content (AvgIpc) is 3.69. The summed E-state index contributed by atoms with van der Waals surface area (Å²) in [7, 11) is 0. The predicted octanol–water partition coefficient (Wildman–Crippen LogP) is 11.1. The Morgan fingerprint density at radius 2 is 1.09 bits per heavy atom. The molecule has 0 atom stereocenters. The van der Waals surface area contributed by atoms with Crippen molar-refractivity contribution in [2.45, 2.75) is 80.3 Å². The number of hydrogen-bond donors (Lipinski definition) is 4. The first-order valence-corrected chi connectivity index (χ1v) is 19.7. The second kappa shape index (κ2) is 16.1. The zero-order valence-corrected chi connectivity index (χ0v) is 33.9. The van der Waals surface area contributed by atoms with Crippen LogP contribution in [0.2, 0.25) is 0 Å². The summed E-state index contributed by atoms with van der Waals surface area (Å²) >= 11 is 0. The Labute approximate surface area is 334 Å². The zero-order chi connectivity index (χ0) is 40.3. The molecule has 4 heterocycles. The number of nitrogens with one attached hydrogen (secondary N) is 4. The normalized spacial score (nSPS) is 15.2. The first-order valence-electron chi connectivity index (χ1n) is 19.7. The van der Waals surface area contributed by atoms with Crippen molar-refractivity contribution in [1.29, 1.82) is 0 Å². The smallest absolute Gasteiger partial charge is 0.167 e. The number of nitrogens with zero attached hydrogens (tertiary/aromatic N) is 2. The Balaban J connectivity index is 0.000000174. The minimum Gasteiger partial charge on any atom is -0.494 e. The van der Waals surface area contributed by atoms with Gasteiger partial charge in [0.05, 0.1) is 46.6 Å². The number of ether oxygens (including phenoxy) is 2. The molecular formula is C47H52N6O4. The number of hydrogen-bond acceptors (Lipinski definition) is 8. The molecule has 6 aromatic rings. The van der Waals surface area contributed by atoms with Gasteiger partial charge in [0.25, 0.3) is 0 Å². The summed E-state index contributed by atoms with van der Waals surface area (Å²) in [5, 5.41) is 6.98. The first kappa shape index (κ1) is 39.1. The summed E-state index contributed by atoms with van der Waals surface area (Å²) in [4.78, 5) is 41.4. The number of H-pyrrole nitrogens is 2. The van der Waals surface area contributed by atoms with Crippen molar-refractivity contribution in [3.63, 3.8) is 0 Å². The number of rotatable bonds is 10. The molecule has 8 rings (SSSR count). The van der Waals surface area contributed by atoms with E-state index in [9.17, 15) is 9.59 Å². The van der Waals surface area contributed by atoms with Gasteiger partial charge >= 0.3 is 0 Å². The van der Waals surface area contributed by atoms with Crippen molar-refractivity contribution < 1.29 is 19.1 Å². The van der Waals surface area contributed by atoms with Crippen molar-refractivity contribution in [1.82, 2.24) is 19.9 Å². The number of Topliss-reactive ketones (excluding diaryl/α,β-unsaturated/α-hetero) is 2. The highest BCUT2D eigenvalue weighted by Gasteiger charge is 2.37. The third kappa shape index (κ3) is 8.96. The van der Waals surface area contributed by atoms with Gasteiger partial charge in [-0.3, -0.25) is 19.6 Å². The van der Waals surface area contributed by atoms with Crippen molar-refractivity contribution >= 4 is 34.3 Å². The molecule has 57 heavy (non-hydrogen) atoms. The molecule has 0 amide bonds. The maximum Gasteiger partial charge on any atom is 0.167 e. The van der Waals surface area contributed by atoms with E-state index >= 15 is 0 Å². The van der Waals surface area contributed by atoms with E-state index in [1.165, 1.54) is 0 Å². The summed E-state index contributed by atoms with van der Waals surface area (Å²) in [5.74, 6) is 1.94. The fraction of sp³-hybridized carbons (Fsp3) is 0.319. The lowest BCUT2D eigenvalue weighted by molar-refractivity contribution is 0.0903. The summed E-state index contributed by atoms with van der Waals surface area (Å²) in [5.41, 5.74) is 10.7. The number of ketones is 2. The van der Waals surface area contributed by atoms with E-state index < -0.39 is 0 Å². The molecule has 2 aromatic carbocycles. The molecule has 0 bridgehead atoms. The number of anilines is 4. The van der Waals surface area contributed by atoms with Crippen molar-refractivity contribution in [3.05, 3.63) is 120 Å². The summed E-state index contributed by atoms with van der Waals surface area (Å²) in [6.45, 7) is 15.1. The summed E-state index contributed by atoms with van der Waals surface area (Å²) in [6, 6.07) is 23.5. The van der Waals surface area contributed by atoms with Crippen molar-refractivity contribution in [2.24, 2.45) is 10.8 Å². The lowest BCUT2D eigenvalue weighted by Crippen LogP contribution is -2.26. The Morgan fingerprint density at radius 3 is 1.53 bits per heavy atom. The van der Waals surface area contributed by atoms with Gasteiger partial charge in [0.15, 0.2) is 11.6 Å². The summed E-state index contributed by atoms with van der Waals surface area (Å²) in [6.07, 6.45) is 9.92. The average molecular weight is 765 g/mol. The van der Waals surface area contributed by atoms with Crippen LogP contribution in [0, 0.1) is 10.8 Å². The van der Waals surface area contributed by atoms with Gasteiger partial charge in [-0.2, -0.15) is 0 Å². The van der Waals surface area contributed by atoms with Crippen LogP contribution in [0.1, 0.15) is 93.4 Å². The molecule has 2 aliphatic rings. The number of fused-ring (bicyclic) bond motifs is 2. The van der Waals surface area contributed by atoms with Crippen LogP contribution in [-0.4, -0.2) is 44.2 Å². The number of benzene rings is 2. The minimum atomic E-state index is -0.0489. The Morgan fingerprint density at radius 1 is 0.649 bits per heavy atom. The van der Waals surface area contributed by atoms with Crippen LogP contribution in [0.5, 0.6) is 11.5 Å². The van der Waals surface area contributed by atoms with Crippen LogP contribution in [0.4, 0.5) is 22.7 Å². The van der Waals surface area contributed by atoms with Gasteiger partial charge in [0, 0.05) is 83.7 Å². The van der Waals surface area contributed by atoms with E-state index in [1.807, 2.05) is 93.6 Å². The van der Waals surface area contributed by atoms with E-state index in [4.69, 9.17) is 9.47 Å². The van der Waals surface area contributed by atoms with Crippen LogP contribution in [-0.2, 0) is 12.8 Å². The lowest BCUT2D eigenvalue weighted by atomic mass is 9.76. The van der Waals surface area contributed by atoms with E-state index in [-0.39, 0.29) is 28.5 Å². The highest BCUT2D eigenvalue weighted by atomic mass is 16.5. The fourth-order valence-electron chi connectivity index (χ4n) is 7.87. The second-order valence-electron chi connectivity index (χ2n) is 16.7. The fourth-order valence-corrected chi connectivity index (χ4v) is 7.87. The Hall–Kier alpha value is -6.16. The van der Waals surface area contributed by atoms with E-state index in [0.717, 1.165) is 92.1 Å². The SMILES string of the molecule is CC(C)Oc1cccc(Nc2c(-c3ccncc3)[nH]c3c2C(=O)CC(C)(C)C3)c1.CCOc1cccc(Nc2c(-c3ccncc3)[nH]c3c2C(=O)CC(C)(C)C3)c1. The third-order valence-electron chi connectivity index (χ3n) is 10.1. The van der Waals surface area contributed by atoms with Gasteiger partial charge in [-0.25, -0.2) is 0 Å². The third-order valence-corrected chi connectivity index (χ3v) is 10.1. The van der Waals surface area contributed by atoms with Gasteiger partial charge in [0.2, 0.25) is 0 Å². The van der Waals surface area contributed by atoms with Gasteiger partial charge in [-0.05, 0) is 93.0 Å². The topological polar surface area (TPSA) is 134 Å². The molecule has 4 aromatic heterocycles. The minimum absolute atomic E-state index is 0.0450. The van der Waals surface area contributed by atoms with Crippen LogP contribution in [0.3, 0.4) is 0 Å². The number of carbonyl (C=O) groups excluding carboxylic acids is 2. The summed E-state index contributed by atoms with van der Waals surface area (Å²) < 4.78 is 11.4. The molecule has 0 radical (unpaired) electrons. The molecule has 0 unspecified atom stereocenters. The highest BCUT2D eigenvalue weighted by molar-refractivity contribution is 6.08. The number of aromatic amines is 2. The van der Waals surface area contributed by atoms with Gasteiger partial charge in [0.1, 0.15) is 11.5 Å². The van der Waals surface area contributed by atoms with E-state index in [1.54, 1.807) is 24.8 Å². The molecular weight excluding hydrogens is 713 g/mol. The maximum atomic E-state index is 13.1. The lowest BCUT2D eigenvalue weighted by Gasteiger charge is -2.28. The quantitative estimate of drug-likeness (QED) is 0.108. The zero-order valence-electron chi connectivity index (χ0n) is 33.9. The molecule has 0 saturated carbocycles. The van der Waals surface area contributed by atoms with Gasteiger partial charge in [-0.15, -0.1) is 0 Å². The van der Waals surface area contributed by atoms with Crippen molar-refractivity contribution in [2.75, 3.05) is 17.2 Å². The molecule has 0 spiro atoms. The van der Waals surface area contributed by atoms with Crippen LogP contribution in [0.15, 0.2) is 97.6 Å². The molecule has 294 valence electrons. The molecule has 4 N–H and O–H groups in total. The molecule has 10 nitrogen and oxygen atoms in total. The van der Waals surface area contributed by atoms with Crippen LogP contribution in [0.25, 0.3) is 22.5 Å². The van der Waals surface area contributed by atoms with Crippen LogP contribution < -0.4 is 20.1 Å². The number of carbonyl (C=O) groups is 2. The maximum absolute atomic E-state index is 13.1. The van der Waals surface area contributed by atoms with Crippen molar-refractivity contribution in [3.8, 4) is 34.0 Å².